The highest BCUT2D eigenvalue weighted by Gasteiger charge is 2.18. The molecule has 2 heterocycles. The molecule has 1 fully saturated rings. The highest BCUT2D eigenvalue weighted by Crippen LogP contribution is 2.24. The van der Waals surface area contributed by atoms with Crippen molar-refractivity contribution in [2.24, 2.45) is 7.05 Å². The highest BCUT2D eigenvalue weighted by atomic mass is 19.1. The van der Waals surface area contributed by atoms with Gasteiger partial charge < -0.3 is 19.9 Å². The van der Waals surface area contributed by atoms with Crippen molar-refractivity contribution in [1.82, 2.24) is 4.57 Å². The summed E-state index contributed by atoms with van der Waals surface area (Å²) in [6, 6.07) is 21.5. The van der Waals surface area contributed by atoms with Crippen LogP contribution in [0.1, 0.15) is 44.7 Å². The third-order valence-corrected chi connectivity index (χ3v) is 7.17. The molecule has 1 aromatic heterocycles. The van der Waals surface area contributed by atoms with Gasteiger partial charge in [0.15, 0.2) is 11.6 Å². The number of nitrogens with zero attached hydrogens (tertiary/aromatic N) is 2. The lowest BCUT2D eigenvalue weighted by atomic mass is 10.0. The van der Waals surface area contributed by atoms with Crippen LogP contribution in [0.15, 0.2) is 85.2 Å². The Morgan fingerprint density at radius 1 is 0.872 bits per heavy atom. The third kappa shape index (κ3) is 6.62. The fourth-order valence-corrected chi connectivity index (χ4v) is 4.86. The Kier molecular flexibility index (Phi) is 7.89. The monoisotopic (exact) mass is 525 g/mol. The summed E-state index contributed by atoms with van der Waals surface area (Å²) in [5.74, 6) is -0.459. The van der Waals surface area contributed by atoms with Gasteiger partial charge in [-0.2, -0.15) is 0 Å². The smallest absolute Gasteiger partial charge is 0.168 e. The number of rotatable bonds is 9. The Balaban J connectivity index is 1.16. The molecule has 0 atom stereocenters. The number of carbonyl (C=O) groups is 2. The zero-order valence-electron chi connectivity index (χ0n) is 21.9. The molecular weight excluding hydrogens is 493 g/mol. The van der Waals surface area contributed by atoms with E-state index < -0.39 is 5.82 Å². The number of carbonyl (C=O) groups excluding carboxylic acids is 2. The summed E-state index contributed by atoms with van der Waals surface area (Å²) in [7, 11) is 1.85. The lowest BCUT2D eigenvalue weighted by Crippen LogP contribution is -2.35. The van der Waals surface area contributed by atoms with E-state index in [1.165, 1.54) is 6.07 Å². The first-order valence-electron chi connectivity index (χ1n) is 13.2. The van der Waals surface area contributed by atoms with E-state index >= 15 is 0 Å². The molecule has 1 aliphatic rings. The zero-order valence-corrected chi connectivity index (χ0v) is 21.9. The SMILES string of the molecule is Cn1ccc(C(=O)Cc2ccc(Nc3ccc(CC(=O)c4ccc(N5CCC(O)CC5)cc4)cc3)c(F)c2)c1. The molecule has 0 saturated carbocycles. The number of nitrogens with one attached hydrogen (secondary N) is 1. The van der Waals surface area contributed by atoms with Crippen molar-refractivity contribution >= 4 is 28.6 Å². The Labute approximate surface area is 227 Å². The van der Waals surface area contributed by atoms with Gasteiger partial charge in [-0.15, -0.1) is 0 Å². The summed E-state index contributed by atoms with van der Waals surface area (Å²) in [6.45, 7) is 1.63. The molecule has 7 heteroatoms. The summed E-state index contributed by atoms with van der Waals surface area (Å²) < 4.78 is 16.6. The maximum atomic E-state index is 14.8. The van der Waals surface area contributed by atoms with Crippen LogP contribution in [0.3, 0.4) is 0 Å². The van der Waals surface area contributed by atoms with Crippen LogP contribution in [-0.4, -0.2) is 40.4 Å². The first-order valence-corrected chi connectivity index (χ1v) is 13.2. The number of halogens is 1. The molecule has 5 rings (SSSR count). The molecule has 3 aromatic carbocycles. The van der Waals surface area contributed by atoms with Crippen molar-refractivity contribution in [2.75, 3.05) is 23.3 Å². The molecule has 6 nitrogen and oxygen atoms in total. The standard InChI is InChI=1S/C32H32FN3O3/c1-35-15-12-25(21-35)32(39)20-23-4-11-30(29(33)18-23)34-26-7-2-22(3-8-26)19-31(38)24-5-9-27(10-6-24)36-16-13-28(37)14-17-36/h2-12,15,18,21,28,34,37H,13-14,16-17,19-20H2,1H3. The molecule has 0 spiro atoms. The number of hydrogen-bond donors (Lipinski definition) is 2. The Hall–Kier alpha value is -4.23. The first-order chi connectivity index (χ1) is 18.8. The third-order valence-electron chi connectivity index (χ3n) is 7.17. The van der Waals surface area contributed by atoms with Crippen LogP contribution in [0, 0.1) is 5.82 Å². The Morgan fingerprint density at radius 3 is 2.15 bits per heavy atom. The molecule has 0 bridgehead atoms. The molecule has 0 radical (unpaired) electrons. The van der Waals surface area contributed by atoms with E-state index in [1.54, 1.807) is 24.4 Å². The number of benzene rings is 3. The normalized spacial score (nSPS) is 13.9. The number of hydrogen-bond acceptors (Lipinski definition) is 5. The molecule has 1 aliphatic heterocycles. The lowest BCUT2D eigenvalue weighted by Gasteiger charge is -2.31. The molecule has 39 heavy (non-hydrogen) atoms. The Bertz CT molecular complexity index is 1450. The number of piperidine rings is 1. The van der Waals surface area contributed by atoms with Crippen LogP contribution in [0.2, 0.25) is 0 Å². The van der Waals surface area contributed by atoms with Gasteiger partial charge in [-0.25, -0.2) is 4.39 Å². The van der Waals surface area contributed by atoms with Gasteiger partial charge in [0.1, 0.15) is 5.82 Å². The molecule has 200 valence electrons. The summed E-state index contributed by atoms with van der Waals surface area (Å²) in [4.78, 5) is 27.5. The number of Topliss-reactive ketones (excluding diaryl/α,β-unsaturated/α-hetero) is 2. The van der Waals surface area contributed by atoms with Crippen LogP contribution in [0.4, 0.5) is 21.5 Å². The quantitative estimate of drug-likeness (QED) is 0.274. The molecular formula is C32H32FN3O3. The average Bonchev–Trinajstić information content (AvgIpc) is 3.38. The molecule has 0 aliphatic carbocycles. The second-order valence-electron chi connectivity index (χ2n) is 10.2. The minimum absolute atomic E-state index is 0.0306. The van der Waals surface area contributed by atoms with E-state index in [1.807, 2.05) is 66.3 Å². The van der Waals surface area contributed by atoms with Crippen molar-refractivity contribution in [3.05, 3.63) is 113 Å². The largest absolute Gasteiger partial charge is 0.393 e. The van der Waals surface area contributed by atoms with Crippen molar-refractivity contribution in [1.29, 1.82) is 0 Å². The maximum absolute atomic E-state index is 14.8. The van der Waals surface area contributed by atoms with E-state index in [4.69, 9.17) is 0 Å². The molecule has 4 aromatic rings. The van der Waals surface area contributed by atoms with Gasteiger partial charge >= 0.3 is 0 Å². The number of aryl methyl sites for hydroxylation is 1. The number of ketones is 2. The minimum atomic E-state index is -0.434. The van der Waals surface area contributed by atoms with E-state index in [9.17, 15) is 19.1 Å². The van der Waals surface area contributed by atoms with Crippen molar-refractivity contribution in [3.63, 3.8) is 0 Å². The lowest BCUT2D eigenvalue weighted by molar-refractivity contribution is 0.0984. The number of aromatic nitrogens is 1. The van der Waals surface area contributed by atoms with Crippen LogP contribution in [0.5, 0.6) is 0 Å². The van der Waals surface area contributed by atoms with Crippen LogP contribution < -0.4 is 10.2 Å². The second kappa shape index (κ2) is 11.7. The van der Waals surface area contributed by atoms with Crippen LogP contribution in [0.25, 0.3) is 0 Å². The molecule has 1 saturated heterocycles. The molecule has 0 amide bonds. The maximum Gasteiger partial charge on any atom is 0.168 e. The molecule has 2 N–H and O–H groups in total. The van der Waals surface area contributed by atoms with E-state index in [0.29, 0.717) is 28.1 Å². The highest BCUT2D eigenvalue weighted by molar-refractivity contribution is 5.98. The minimum Gasteiger partial charge on any atom is -0.393 e. The van der Waals surface area contributed by atoms with E-state index in [0.717, 1.165) is 37.2 Å². The van der Waals surface area contributed by atoms with Crippen LogP contribution >= 0.6 is 0 Å². The Morgan fingerprint density at radius 2 is 1.51 bits per heavy atom. The van der Waals surface area contributed by atoms with E-state index in [-0.39, 0.29) is 30.5 Å². The molecule has 0 unspecified atom stereocenters. The second-order valence-corrected chi connectivity index (χ2v) is 10.2. The topological polar surface area (TPSA) is 74.6 Å². The number of anilines is 3. The van der Waals surface area contributed by atoms with Gasteiger partial charge in [-0.1, -0.05) is 18.2 Å². The van der Waals surface area contributed by atoms with Gasteiger partial charge in [0, 0.05) is 67.9 Å². The van der Waals surface area contributed by atoms with Gasteiger partial charge in [0.25, 0.3) is 0 Å². The first kappa shape index (κ1) is 26.4. The summed E-state index contributed by atoms with van der Waals surface area (Å²) in [5, 5.41) is 12.8. The predicted molar refractivity (Wildman–Crippen MR) is 152 cm³/mol. The van der Waals surface area contributed by atoms with Gasteiger partial charge in [0.05, 0.1) is 11.8 Å². The van der Waals surface area contributed by atoms with Crippen molar-refractivity contribution < 1.29 is 19.1 Å². The van der Waals surface area contributed by atoms with Crippen molar-refractivity contribution in [2.45, 2.75) is 31.8 Å². The predicted octanol–water partition coefficient (Wildman–Crippen LogP) is 5.72. The summed E-state index contributed by atoms with van der Waals surface area (Å²) in [5.41, 5.74) is 4.84. The summed E-state index contributed by atoms with van der Waals surface area (Å²) in [6.07, 6.45) is 5.28. The zero-order chi connectivity index (χ0) is 27.4. The summed E-state index contributed by atoms with van der Waals surface area (Å²) >= 11 is 0. The van der Waals surface area contributed by atoms with Gasteiger partial charge in [-0.05, 0) is 78.6 Å². The van der Waals surface area contributed by atoms with Crippen molar-refractivity contribution in [3.8, 4) is 0 Å². The fraction of sp³-hybridized carbons (Fsp3) is 0.250. The fourth-order valence-electron chi connectivity index (χ4n) is 4.86. The number of aliphatic hydroxyl groups is 1. The van der Waals surface area contributed by atoms with E-state index in [2.05, 4.69) is 10.2 Å². The number of aliphatic hydroxyl groups excluding tert-OH is 1. The average molecular weight is 526 g/mol. The van der Waals surface area contributed by atoms with Crippen LogP contribution in [-0.2, 0) is 19.9 Å². The van der Waals surface area contributed by atoms with Gasteiger partial charge in [0.2, 0.25) is 0 Å². The van der Waals surface area contributed by atoms with Gasteiger partial charge in [-0.3, -0.25) is 9.59 Å².